The molecular weight excluding hydrogens is 737 g/mol. The number of anilines is 3. The fourth-order valence-electron chi connectivity index (χ4n) is 10.8. The standard InChI is InChI=1S/C59H38N2/c1-4-20-42(21-5-1)59(43-22-6-2-7-23-43)52-30-12-10-27-46(52)49-37-51-48-29-15-17-39-18-16-32-56(58(39)48)61(57(51)38-53(49)59)45-26-14-19-40(35-45)41-33-34-55-50(36-41)47-28-11-13-31-54(47)60(55)44-24-8-3-9-25-44/h1-38H. The van der Waals surface area contributed by atoms with E-state index in [2.05, 4.69) is 240 Å². The zero-order valence-electron chi connectivity index (χ0n) is 33.3. The van der Waals surface area contributed by atoms with E-state index in [-0.39, 0.29) is 0 Å². The van der Waals surface area contributed by atoms with Gasteiger partial charge in [-0.2, -0.15) is 0 Å². The van der Waals surface area contributed by atoms with E-state index < -0.39 is 5.41 Å². The summed E-state index contributed by atoms with van der Waals surface area (Å²) < 4.78 is 2.38. The van der Waals surface area contributed by atoms with Crippen LogP contribution in [0.5, 0.6) is 0 Å². The first-order valence-electron chi connectivity index (χ1n) is 21.2. The lowest BCUT2D eigenvalue weighted by molar-refractivity contribution is 0.768. The van der Waals surface area contributed by atoms with Gasteiger partial charge < -0.3 is 9.47 Å². The SMILES string of the molecule is c1ccc(-n2c3ccccc3c3cc(-c4cccc(N5c6cc7c(cc6-c6cccc8cccc5c68)-c5ccccc5C7(c5ccccc5)c5ccccc5)c4)ccc32)cc1. The van der Waals surface area contributed by atoms with Crippen LogP contribution in [0.25, 0.3) is 71.6 Å². The highest BCUT2D eigenvalue weighted by atomic mass is 15.2. The third-order valence-electron chi connectivity index (χ3n) is 13.4. The Hall–Kier alpha value is -7.94. The molecule has 0 bridgehead atoms. The minimum Gasteiger partial charge on any atom is -0.309 e. The summed E-state index contributed by atoms with van der Waals surface area (Å²) in [7, 11) is 0. The molecule has 2 heterocycles. The second-order valence-corrected chi connectivity index (χ2v) is 16.4. The van der Waals surface area contributed by atoms with E-state index in [1.54, 1.807) is 0 Å². The van der Waals surface area contributed by atoms with Crippen LogP contribution in [0.15, 0.2) is 231 Å². The second kappa shape index (κ2) is 13.0. The van der Waals surface area contributed by atoms with Gasteiger partial charge in [-0.15, -0.1) is 0 Å². The van der Waals surface area contributed by atoms with Crippen molar-refractivity contribution in [3.8, 4) is 39.1 Å². The van der Waals surface area contributed by atoms with Crippen LogP contribution < -0.4 is 4.90 Å². The molecule has 0 unspecified atom stereocenters. The van der Waals surface area contributed by atoms with Gasteiger partial charge >= 0.3 is 0 Å². The van der Waals surface area contributed by atoms with Crippen molar-refractivity contribution in [1.29, 1.82) is 0 Å². The van der Waals surface area contributed by atoms with Crippen molar-refractivity contribution < 1.29 is 0 Å². The van der Waals surface area contributed by atoms with Crippen LogP contribution in [0.4, 0.5) is 17.1 Å². The van der Waals surface area contributed by atoms with Gasteiger partial charge in [0.25, 0.3) is 0 Å². The van der Waals surface area contributed by atoms with Crippen molar-refractivity contribution in [2.75, 3.05) is 4.90 Å². The summed E-state index contributed by atoms with van der Waals surface area (Å²) in [5, 5.41) is 5.02. The van der Waals surface area contributed by atoms with Crippen molar-refractivity contribution in [2.24, 2.45) is 0 Å². The summed E-state index contributed by atoms with van der Waals surface area (Å²) in [6, 6.07) is 85.4. The number of rotatable bonds is 5. The molecule has 13 rings (SSSR count). The summed E-state index contributed by atoms with van der Waals surface area (Å²) in [6.45, 7) is 0. The van der Waals surface area contributed by atoms with Crippen molar-refractivity contribution in [1.82, 2.24) is 4.57 Å². The van der Waals surface area contributed by atoms with E-state index >= 15 is 0 Å². The molecule has 0 N–H and O–H groups in total. The van der Waals surface area contributed by atoms with E-state index in [1.807, 2.05) is 0 Å². The zero-order valence-corrected chi connectivity index (χ0v) is 33.3. The van der Waals surface area contributed by atoms with Crippen LogP contribution in [-0.4, -0.2) is 4.57 Å². The molecule has 1 aliphatic heterocycles. The Balaban J connectivity index is 1.06. The number of aromatic nitrogens is 1. The minimum absolute atomic E-state index is 0.506. The monoisotopic (exact) mass is 774 g/mol. The third-order valence-corrected chi connectivity index (χ3v) is 13.4. The smallest absolute Gasteiger partial charge is 0.0714 e. The summed E-state index contributed by atoms with van der Waals surface area (Å²) in [4.78, 5) is 2.53. The van der Waals surface area contributed by atoms with Crippen molar-refractivity contribution in [3.05, 3.63) is 253 Å². The molecule has 2 heteroatoms. The molecule has 0 atom stereocenters. The van der Waals surface area contributed by atoms with E-state index in [4.69, 9.17) is 0 Å². The van der Waals surface area contributed by atoms with Gasteiger partial charge in [-0.25, -0.2) is 0 Å². The molecule has 284 valence electrons. The Bertz CT molecular complexity index is 3480. The highest BCUT2D eigenvalue weighted by molar-refractivity contribution is 6.15. The van der Waals surface area contributed by atoms with Gasteiger partial charge in [-0.05, 0) is 116 Å². The van der Waals surface area contributed by atoms with Crippen LogP contribution in [0.1, 0.15) is 22.3 Å². The lowest BCUT2D eigenvalue weighted by atomic mass is 9.67. The van der Waals surface area contributed by atoms with Gasteiger partial charge in [0, 0.05) is 33.1 Å². The average Bonchev–Trinajstić information content (AvgIpc) is 3.82. The number of fused-ring (bicyclic) bond motifs is 8. The van der Waals surface area contributed by atoms with Gasteiger partial charge in [-0.1, -0.05) is 170 Å². The van der Waals surface area contributed by atoms with E-state index in [9.17, 15) is 0 Å². The van der Waals surface area contributed by atoms with Crippen LogP contribution in [0.2, 0.25) is 0 Å². The largest absolute Gasteiger partial charge is 0.309 e. The molecule has 0 saturated heterocycles. The summed E-state index contributed by atoms with van der Waals surface area (Å²) in [5.74, 6) is 0. The average molecular weight is 775 g/mol. The second-order valence-electron chi connectivity index (χ2n) is 16.4. The molecule has 2 nitrogen and oxygen atoms in total. The Labute approximate surface area is 354 Å². The Morgan fingerprint density at radius 2 is 0.951 bits per heavy atom. The Morgan fingerprint density at radius 3 is 1.75 bits per heavy atom. The molecule has 1 aliphatic carbocycles. The number of para-hydroxylation sites is 2. The predicted octanol–water partition coefficient (Wildman–Crippen LogP) is 15.4. The first-order valence-corrected chi connectivity index (χ1v) is 21.2. The van der Waals surface area contributed by atoms with E-state index in [0.717, 1.165) is 5.69 Å². The summed E-state index contributed by atoms with van der Waals surface area (Å²) >= 11 is 0. The van der Waals surface area contributed by atoms with E-state index in [1.165, 1.54) is 105 Å². The van der Waals surface area contributed by atoms with Crippen LogP contribution in [0.3, 0.4) is 0 Å². The molecule has 0 fully saturated rings. The van der Waals surface area contributed by atoms with Crippen LogP contribution >= 0.6 is 0 Å². The maximum absolute atomic E-state index is 2.53. The molecule has 0 saturated carbocycles. The maximum Gasteiger partial charge on any atom is 0.0714 e. The highest BCUT2D eigenvalue weighted by Gasteiger charge is 2.47. The molecule has 61 heavy (non-hydrogen) atoms. The Kier molecular flexibility index (Phi) is 7.26. The first-order chi connectivity index (χ1) is 30.3. The van der Waals surface area contributed by atoms with Gasteiger partial charge in [0.05, 0.1) is 27.8 Å². The van der Waals surface area contributed by atoms with Gasteiger partial charge in [0.2, 0.25) is 0 Å². The minimum atomic E-state index is -0.506. The Morgan fingerprint density at radius 1 is 0.328 bits per heavy atom. The number of hydrogen-bond donors (Lipinski definition) is 0. The number of nitrogens with zero attached hydrogens (tertiary/aromatic N) is 2. The lowest BCUT2D eigenvalue weighted by Gasteiger charge is -2.37. The first kappa shape index (κ1) is 34.0. The summed E-state index contributed by atoms with van der Waals surface area (Å²) in [6.07, 6.45) is 0. The molecular formula is C59H38N2. The fraction of sp³-hybridized carbons (Fsp3) is 0.0169. The number of hydrogen-bond acceptors (Lipinski definition) is 1. The normalized spacial score (nSPS) is 13.3. The van der Waals surface area contributed by atoms with Gasteiger partial charge in [-0.3, -0.25) is 0 Å². The van der Waals surface area contributed by atoms with Crippen molar-refractivity contribution in [2.45, 2.75) is 5.41 Å². The lowest BCUT2D eigenvalue weighted by Crippen LogP contribution is -2.29. The van der Waals surface area contributed by atoms with Gasteiger partial charge in [0.1, 0.15) is 0 Å². The topological polar surface area (TPSA) is 8.17 Å². The molecule has 0 radical (unpaired) electrons. The maximum atomic E-state index is 2.53. The van der Waals surface area contributed by atoms with Crippen molar-refractivity contribution in [3.63, 3.8) is 0 Å². The van der Waals surface area contributed by atoms with E-state index in [0.29, 0.717) is 0 Å². The molecule has 1 aromatic heterocycles. The number of benzene rings is 10. The molecule has 0 amide bonds. The molecule has 0 spiro atoms. The quantitative estimate of drug-likeness (QED) is 0.169. The molecule has 2 aliphatic rings. The van der Waals surface area contributed by atoms with Crippen LogP contribution in [0, 0.1) is 0 Å². The molecule has 11 aromatic rings. The van der Waals surface area contributed by atoms with Crippen LogP contribution in [-0.2, 0) is 5.41 Å². The third kappa shape index (κ3) is 4.79. The predicted molar refractivity (Wildman–Crippen MR) is 255 cm³/mol. The van der Waals surface area contributed by atoms with Gasteiger partial charge in [0.15, 0.2) is 0 Å². The fourth-order valence-corrected chi connectivity index (χ4v) is 10.8. The van der Waals surface area contributed by atoms with Crippen molar-refractivity contribution >= 4 is 49.6 Å². The zero-order chi connectivity index (χ0) is 40.1. The highest BCUT2D eigenvalue weighted by Crippen LogP contribution is 2.60. The summed E-state index contributed by atoms with van der Waals surface area (Å²) in [5.41, 5.74) is 19.2. The molecule has 10 aromatic carbocycles.